The van der Waals surface area contributed by atoms with Crippen molar-refractivity contribution in [2.75, 3.05) is 6.54 Å². The zero-order chi connectivity index (χ0) is 14.5. The fourth-order valence-corrected chi connectivity index (χ4v) is 5.00. The molecule has 4 nitrogen and oxygen atoms in total. The van der Waals surface area contributed by atoms with Gasteiger partial charge < -0.3 is 10.6 Å². The summed E-state index contributed by atoms with van der Waals surface area (Å²) in [5.74, 6) is 0.0902. The molecular formula is C15H24ClN3OS. The van der Waals surface area contributed by atoms with E-state index in [0.29, 0.717) is 23.7 Å². The van der Waals surface area contributed by atoms with Gasteiger partial charge >= 0.3 is 0 Å². The molecule has 2 N–H and O–H groups in total. The van der Waals surface area contributed by atoms with Crippen LogP contribution in [-0.4, -0.2) is 28.4 Å². The summed E-state index contributed by atoms with van der Waals surface area (Å²) in [4.78, 5) is 19.1. The molecule has 1 saturated heterocycles. The molecular weight excluding hydrogens is 306 g/mol. The van der Waals surface area contributed by atoms with Gasteiger partial charge in [-0.3, -0.25) is 4.79 Å². The first-order valence-corrected chi connectivity index (χ1v) is 8.15. The van der Waals surface area contributed by atoms with Crippen molar-refractivity contribution in [2.45, 2.75) is 52.6 Å². The van der Waals surface area contributed by atoms with Crippen LogP contribution in [0.5, 0.6) is 0 Å². The maximum absolute atomic E-state index is 12.7. The molecule has 2 fully saturated rings. The molecule has 0 aromatic carbocycles. The molecule has 2 atom stereocenters. The predicted molar refractivity (Wildman–Crippen MR) is 87.8 cm³/mol. The molecule has 0 radical (unpaired) electrons. The standard InChI is InChI=1S/C15H23N3OS.ClH/c1-14(2)4-10-5-15(3,8-14)9-18(10)13(19)11-7-20-12(6-16)17-11;/h7,10H,4-6,8-9,16H2,1-3H3;1H. The van der Waals surface area contributed by atoms with E-state index in [1.165, 1.54) is 17.8 Å². The van der Waals surface area contributed by atoms with E-state index in [2.05, 4.69) is 30.7 Å². The first-order chi connectivity index (χ1) is 9.32. The lowest BCUT2D eigenvalue weighted by molar-refractivity contribution is 0.0703. The molecule has 118 valence electrons. The minimum absolute atomic E-state index is 0. The molecule has 1 amide bonds. The second-order valence-electron chi connectivity index (χ2n) is 7.48. The first-order valence-electron chi connectivity index (χ1n) is 7.27. The van der Waals surface area contributed by atoms with Crippen LogP contribution >= 0.6 is 23.7 Å². The quantitative estimate of drug-likeness (QED) is 0.907. The van der Waals surface area contributed by atoms with Crippen molar-refractivity contribution in [2.24, 2.45) is 16.6 Å². The molecule has 21 heavy (non-hydrogen) atoms. The Morgan fingerprint density at radius 1 is 1.48 bits per heavy atom. The Morgan fingerprint density at radius 2 is 2.19 bits per heavy atom. The zero-order valence-corrected chi connectivity index (χ0v) is 14.5. The van der Waals surface area contributed by atoms with Crippen molar-refractivity contribution in [3.05, 3.63) is 16.1 Å². The van der Waals surface area contributed by atoms with E-state index in [1.807, 2.05) is 5.38 Å². The van der Waals surface area contributed by atoms with E-state index >= 15 is 0 Å². The summed E-state index contributed by atoms with van der Waals surface area (Å²) < 4.78 is 0. The minimum atomic E-state index is 0. The van der Waals surface area contributed by atoms with Gasteiger partial charge in [-0.05, 0) is 30.1 Å². The van der Waals surface area contributed by atoms with Crippen LogP contribution in [0.3, 0.4) is 0 Å². The monoisotopic (exact) mass is 329 g/mol. The molecule has 1 aliphatic carbocycles. The number of likely N-dealkylation sites (tertiary alicyclic amines) is 1. The van der Waals surface area contributed by atoms with Crippen LogP contribution < -0.4 is 5.73 Å². The maximum Gasteiger partial charge on any atom is 0.273 e. The third-order valence-corrected chi connectivity index (χ3v) is 5.49. The SMILES string of the molecule is CC1(C)CC2CC(C)(CN2C(=O)c2csc(CN)n2)C1.Cl. The van der Waals surface area contributed by atoms with Crippen LogP contribution in [0.1, 0.15) is 55.5 Å². The molecule has 6 heteroatoms. The Morgan fingerprint density at radius 3 is 2.81 bits per heavy atom. The maximum atomic E-state index is 12.7. The third-order valence-electron chi connectivity index (χ3n) is 4.62. The van der Waals surface area contributed by atoms with Gasteiger partial charge in [-0.15, -0.1) is 23.7 Å². The highest BCUT2D eigenvalue weighted by molar-refractivity contribution is 7.09. The fraction of sp³-hybridized carbons (Fsp3) is 0.733. The van der Waals surface area contributed by atoms with Crippen molar-refractivity contribution >= 4 is 29.7 Å². The lowest BCUT2D eigenvalue weighted by Gasteiger charge is -2.39. The Balaban J connectivity index is 0.00000161. The zero-order valence-electron chi connectivity index (χ0n) is 12.9. The summed E-state index contributed by atoms with van der Waals surface area (Å²) in [5.41, 5.74) is 6.76. The Kier molecular flexibility index (Phi) is 4.40. The second-order valence-corrected chi connectivity index (χ2v) is 8.42. The van der Waals surface area contributed by atoms with Crippen molar-refractivity contribution in [1.82, 2.24) is 9.88 Å². The van der Waals surface area contributed by atoms with E-state index in [4.69, 9.17) is 5.73 Å². The lowest BCUT2D eigenvalue weighted by atomic mass is 9.65. The van der Waals surface area contributed by atoms with Crippen LogP contribution in [-0.2, 0) is 6.54 Å². The van der Waals surface area contributed by atoms with Gasteiger partial charge in [0.05, 0.1) is 0 Å². The number of nitrogens with zero attached hydrogens (tertiary/aromatic N) is 2. The number of rotatable bonds is 2. The molecule has 1 saturated carbocycles. The van der Waals surface area contributed by atoms with Crippen molar-refractivity contribution < 1.29 is 4.79 Å². The number of thiazole rings is 1. The summed E-state index contributed by atoms with van der Waals surface area (Å²) in [6.07, 6.45) is 3.43. The van der Waals surface area contributed by atoms with E-state index in [-0.39, 0.29) is 23.7 Å². The summed E-state index contributed by atoms with van der Waals surface area (Å²) in [6, 6.07) is 0.374. The normalized spacial score (nSPS) is 30.1. The average Bonchev–Trinajstić information content (AvgIpc) is 2.89. The number of carbonyl (C=O) groups excluding carboxylic acids is 1. The Hall–Kier alpha value is -0.650. The molecule has 1 aliphatic heterocycles. The van der Waals surface area contributed by atoms with Gasteiger partial charge in [-0.25, -0.2) is 4.98 Å². The minimum Gasteiger partial charge on any atom is -0.334 e. The van der Waals surface area contributed by atoms with Crippen LogP contribution in [0.4, 0.5) is 0 Å². The number of hydrogen-bond acceptors (Lipinski definition) is 4. The van der Waals surface area contributed by atoms with Crippen LogP contribution in [0.2, 0.25) is 0 Å². The van der Waals surface area contributed by atoms with Crippen LogP contribution in [0.15, 0.2) is 5.38 Å². The van der Waals surface area contributed by atoms with Gasteiger partial charge in [-0.2, -0.15) is 0 Å². The highest BCUT2D eigenvalue weighted by atomic mass is 35.5. The first kappa shape index (κ1) is 16.7. The summed E-state index contributed by atoms with van der Waals surface area (Å²) in [5, 5.41) is 2.68. The predicted octanol–water partition coefficient (Wildman–Crippen LogP) is 3.06. The van der Waals surface area contributed by atoms with Crippen molar-refractivity contribution in [3.63, 3.8) is 0 Å². The fourth-order valence-electron chi connectivity index (χ4n) is 4.35. The Bertz CT molecular complexity index is 545. The second kappa shape index (κ2) is 5.52. The molecule has 0 spiro atoms. The number of fused-ring (bicyclic) bond motifs is 2. The smallest absolute Gasteiger partial charge is 0.273 e. The summed E-state index contributed by atoms with van der Waals surface area (Å²) in [6.45, 7) is 8.24. The molecule has 1 aromatic heterocycles. The number of carbonyl (C=O) groups is 1. The van der Waals surface area contributed by atoms with E-state index in [0.717, 1.165) is 24.4 Å². The van der Waals surface area contributed by atoms with Crippen LogP contribution in [0, 0.1) is 10.8 Å². The average molecular weight is 330 g/mol. The lowest BCUT2D eigenvalue weighted by Crippen LogP contribution is -2.37. The van der Waals surface area contributed by atoms with Crippen molar-refractivity contribution in [1.29, 1.82) is 0 Å². The van der Waals surface area contributed by atoms with Gasteiger partial charge in [0, 0.05) is 24.5 Å². The van der Waals surface area contributed by atoms with Crippen molar-refractivity contribution in [3.8, 4) is 0 Å². The number of aromatic nitrogens is 1. The van der Waals surface area contributed by atoms with Gasteiger partial charge in [0.2, 0.25) is 0 Å². The Labute approximate surface area is 136 Å². The third kappa shape index (κ3) is 3.10. The highest BCUT2D eigenvalue weighted by Crippen LogP contribution is 2.52. The molecule has 2 heterocycles. The molecule has 2 unspecified atom stereocenters. The molecule has 2 aliphatic rings. The molecule has 2 bridgehead atoms. The van der Waals surface area contributed by atoms with Gasteiger partial charge in [-0.1, -0.05) is 20.8 Å². The number of halogens is 1. The largest absolute Gasteiger partial charge is 0.334 e. The highest BCUT2D eigenvalue weighted by Gasteiger charge is 2.51. The van der Waals surface area contributed by atoms with Gasteiger partial charge in [0.1, 0.15) is 10.7 Å². The van der Waals surface area contributed by atoms with Gasteiger partial charge in [0.15, 0.2) is 0 Å². The van der Waals surface area contributed by atoms with Crippen LogP contribution in [0.25, 0.3) is 0 Å². The number of hydrogen-bond donors (Lipinski definition) is 1. The summed E-state index contributed by atoms with van der Waals surface area (Å²) in [7, 11) is 0. The molecule has 1 aromatic rings. The topological polar surface area (TPSA) is 59.2 Å². The van der Waals surface area contributed by atoms with E-state index < -0.39 is 0 Å². The number of nitrogens with two attached hydrogens (primary N) is 1. The number of amides is 1. The molecule has 3 rings (SSSR count). The van der Waals surface area contributed by atoms with Gasteiger partial charge in [0.25, 0.3) is 5.91 Å². The van der Waals surface area contributed by atoms with E-state index in [9.17, 15) is 4.79 Å². The summed E-state index contributed by atoms with van der Waals surface area (Å²) >= 11 is 1.48. The van der Waals surface area contributed by atoms with E-state index in [1.54, 1.807) is 0 Å².